The molecule has 1 aromatic carbocycles. The Morgan fingerprint density at radius 2 is 1.77 bits per heavy atom. The lowest BCUT2D eigenvalue weighted by Gasteiger charge is -2.15. The third-order valence-corrected chi connectivity index (χ3v) is 4.02. The minimum Gasteiger partial charge on any atom is -0.343 e. The molecule has 120 valence electrons. The molecule has 0 atom stereocenters. The highest BCUT2D eigenvalue weighted by molar-refractivity contribution is 5.78. The maximum Gasteiger partial charge on any atom is 0.315 e. The van der Waals surface area contributed by atoms with Crippen LogP contribution in [-0.2, 0) is 17.8 Å². The number of hydrogen-bond donors (Lipinski definition) is 2. The minimum absolute atomic E-state index is 0.133. The number of aryl methyl sites for hydroxylation is 1. The van der Waals surface area contributed by atoms with Crippen LogP contribution >= 0.6 is 0 Å². The van der Waals surface area contributed by atoms with E-state index < -0.39 is 0 Å². The first kappa shape index (κ1) is 16.3. The van der Waals surface area contributed by atoms with E-state index in [1.165, 1.54) is 5.56 Å². The smallest absolute Gasteiger partial charge is 0.315 e. The topological polar surface area (TPSA) is 61.4 Å². The van der Waals surface area contributed by atoms with Crippen molar-refractivity contribution in [2.75, 3.05) is 19.6 Å². The van der Waals surface area contributed by atoms with Crippen molar-refractivity contribution < 1.29 is 9.59 Å². The average molecular weight is 303 g/mol. The summed E-state index contributed by atoms with van der Waals surface area (Å²) in [4.78, 5) is 25.5. The molecule has 3 amide bonds. The van der Waals surface area contributed by atoms with E-state index in [-0.39, 0.29) is 11.9 Å². The standard InChI is InChI=1S/C17H25N3O2/c1-2-14-7-3-4-8-15(14)13-19-17(22)18-10-9-16(21)20-11-5-6-12-20/h3-4,7-8H,2,5-6,9-13H2,1H3,(H2,18,19,22). The molecule has 0 spiro atoms. The van der Waals surface area contributed by atoms with Gasteiger partial charge >= 0.3 is 6.03 Å². The molecule has 22 heavy (non-hydrogen) atoms. The van der Waals surface area contributed by atoms with Crippen molar-refractivity contribution in [3.63, 3.8) is 0 Å². The number of hydrogen-bond acceptors (Lipinski definition) is 2. The molecule has 5 heteroatoms. The molecule has 1 saturated heterocycles. The van der Waals surface area contributed by atoms with Gasteiger partial charge < -0.3 is 15.5 Å². The number of likely N-dealkylation sites (tertiary alicyclic amines) is 1. The van der Waals surface area contributed by atoms with Crippen molar-refractivity contribution in [1.82, 2.24) is 15.5 Å². The number of benzene rings is 1. The molecular formula is C17H25N3O2. The van der Waals surface area contributed by atoms with Crippen molar-refractivity contribution >= 4 is 11.9 Å². The molecule has 0 bridgehead atoms. The second-order valence-corrected chi connectivity index (χ2v) is 5.57. The number of urea groups is 1. The van der Waals surface area contributed by atoms with Crippen LogP contribution in [0.5, 0.6) is 0 Å². The summed E-state index contributed by atoms with van der Waals surface area (Å²) in [7, 11) is 0. The Kier molecular flexibility index (Phi) is 6.25. The molecule has 0 saturated carbocycles. The molecule has 1 aliphatic rings. The monoisotopic (exact) mass is 303 g/mol. The predicted molar refractivity (Wildman–Crippen MR) is 86.5 cm³/mol. The van der Waals surface area contributed by atoms with E-state index in [1.807, 2.05) is 23.1 Å². The van der Waals surface area contributed by atoms with Crippen molar-refractivity contribution in [2.45, 2.75) is 39.2 Å². The fourth-order valence-electron chi connectivity index (χ4n) is 2.72. The fourth-order valence-corrected chi connectivity index (χ4v) is 2.72. The number of rotatable bonds is 6. The summed E-state index contributed by atoms with van der Waals surface area (Å²) in [6, 6.07) is 7.86. The molecule has 1 aromatic rings. The van der Waals surface area contributed by atoms with E-state index in [1.54, 1.807) is 0 Å². The molecule has 2 rings (SSSR count). The molecule has 1 fully saturated rings. The molecule has 1 heterocycles. The van der Waals surface area contributed by atoms with Crippen LogP contribution in [-0.4, -0.2) is 36.5 Å². The van der Waals surface area contributed by atoms with Crippen LogP contribution in [0.4, 0.5) is 4.79 Å². The Hall–Kier alpha value is -2.04. The largest absolute Gasteiger partial charge is 0.343 e. The molecule has 2 N–H and O–H groups in total. The fraction of sp³-hybridized carbons (Fsp3) is 0.529. The normalized spacial score (nSPS) is 14.0. The van der Waals surface area contributed by atoms with E-state index in [2.05, 4.69) is 23.6 Å². The van der Waals surface area contributed by atoms with Gasteiger partial charge in [0.25, 0.3) is 0 Å². The summed E-state index contributed by atoms with van der Waals surface area (Å²) < 4.78 is 0. The third-order valence-electron chi connectivity index (χ3n) is 4.02. The van der Waals surface area contributed by atoms with E-state index >= 15 is 0 Å². The van der Waals surface area contributed by atoms with Gasteiger partial charge in [-0.15, -0.1) is 0 Å². The molecule has 0 radical (unpaired) electrons. The van der Waals surface area contributed by atoms with Crippen LogP contribution in [0.1, 0.15) is 37.3 Å². The molecule has 0 aliphatic carbocycles. The van der Waals surface area contributed by atoms with Gasteiger partial charge in [-0.1, -0.05) is 31.2 Å². The second-order valence-electron chi connectivity index (χ2n) is 5.57. The number of amides is 3. The maximum absolute atomic E-state index is 11.8. The minimum atomic E-state index is -0.222. The highest BCUT2D eigenvalue weighted by atomic mass is 16.2. The summed E-state index contributed by atoms with van der Waals surface area (Å²) in [6.07, 6.45) is 3.51. The number of carbonyl (C=O) groups is 2. The summed E-state index contributed by atoms with van der Waals surface area (Å²) >= 11 is 0. The Balaban J connectivity index is 1.66. The third kappa shape index (κ3) is 4.76. The number of nitrogens with zero attached hydrogens (tertiary/aromatic N) is 1. The lowest BCUT2D eigenvalue weighted by Crippen LogP contribution is -2.38. The van der Waals surface area contributed by atoms with Gasteiger partial charge in [-0.2, -0.15) is 0 Å². The summed E-state index contributed by atoms with van der Waals surface area (Å²) in [6.45, 7) is 4.72. The van der Waals surface area contributed by atoms with Gasteiger partial charge in [-0.3, -0.25) is 4.79 Å². The molecular weight excluding hydrogens is 278 g/mol. The van der Waals surface area contributed by atoms with E-state index in [0.717, 1.165) is 37.9 Å². The van der Waals surface area contributed by atoms with Gasteiger partial charge in [0.05, 0.1) is 0 Å². The molecule has 1 aliphatic heterocycles. The first-order valence-electron chi connectivity index (χ1n) is 8.07. The van der Waals surface area contributed by atoms with Gasteiger partial charge in [0.1, 0.15) is 0 Å². The Bertz CT molecular complexity index is 510. The summed E-state index contributed by atoms with van der Waals surface area (Å²) in [5.41, 5.74) is 2.38. The van der Waals surface area contributed by atoms with Gasteiger partial charge in [0, 0.05) is 32.6 Å². The predicted octanol–water partition coefficient (Wildman–Crippen LogP) is 2.06. The Morgan fingerprint density at radius 3 is 2.45 bits per heavy atom. The van der Waals surface area contributed by atoms with Crippen LogP contribution in [0, 0.1) is 0 Å². The summed E-state index contributed by atoms with van der Waals surface area (Å²) in [5, 5.41) is 5.59. The number of carbonyl (C=O) groups excluding carboxylic acids is 2. The van der Waals surface area contributed by atoms with E-state index in [0.29, 0.717) is 19.5 Å². The zero-order valence-corrected chi connectivity index (χ0v) is 13.2. The van der Waals surface area contributed by atoms with Crippen LogP contribution in [0.25, 0.3) is 0 Å². The van der Waals surface area contributed by atoms with Crippen LogP contribution in [0.3, 0.4) is 0 Å². The van der Waals surface area contributed by atoms with E-state index in [4.69, 9.17) is 0 Å². The molecule has 0 aromatic heterocycles. The highest BCUT2D eigenvalue weighted by Crippen LogP contribution is 2.09. The van der Waals surface area contributed by atoms with Gasteiger partial charge in [0.15, 0.2) is 0 Å². The first-order valence-corrected chi connectivity index (χ1v) is 8.07. The summed E-state index contributed by atoms with van der Waals surface area (Å²) in [5.74, 6) is 0.133. The van der Waals surface area contributed by atoms with Crippen LogP contribution < -0.4 is 10.6 Å². The van der Waals surface area contributed by atoms with Crippen molar-refractivity contribution in [3.8, 4) is 0 Å². The van der Waals surface area contributed by atoms with Crippen molar-refractivity contribution in [1.29, 1.82) is 0 Å². The maximum atomic E-state index is 11.8. The lowest BCUT2D eigenvalue weighted by molar-refractivity contribution is -0.129. The van der Waals surface area contributed by atoms with Gasteiger partial charge in [-0.05, 0) is 30.4 Å². The zero-order chi connectivity index (χ0) is 15.8. The highest BCUT2D eigenvalue weighted by Gasteiger charge is 2.17. The quantitative estimate of drug-likeness (QED) is 0.845. The Labute approximate surface area is 132 Å². The van der Waals surface area contributed by atoms with Gasteiger partial charge in [-0.25, -0.2) is 4.79 Å². The SMILES string of the molecule is CCc1ccccc1CNC(=O)NCCC(=O)N1CCCC1. The zero-order valence-electron chi connectivity index (χ0n) is 13.2. The van der Waals surface area contributed by atoms with Crippen LogP contribution in [0.15, 0.2) is 24.3 Å². The van der Waals surface area contributed by atoms with Crippen LogP contribution in [0.2, 0.25) is 0 Å². The average Bonchev–Trinajstić information content (AvgIpc) is 3.07. The lowest BCUT2D eigenvalue weighted by atomic mass is 10.1. The first-order chi connectivity index (χ1) is 10.7. The van der Waals surface area contributed by atoms with Crippen molar-refractivity contribution in [2.24, 2.45) is 0 Å². The van der Waals surface area contributed by atoms with E-state index in [9.17, 15) is 9.59 Å². The number of nitrogens with one attached hydrogen (secondary N) is 2. The molecule has 0 unspecified atom stereocenters. The molecule has 5 nitrogen and oxygen atoms in total. The van der Waals surface area contributed by atoms with Gasteiger partial charge in [0.2, 0.25) is 5.91 Å². The van der Waals surface area contributed by atoms with Crippen molar-refractivity contribution in [3.05, 3.63) is 35.4 Å². The second kappa shape index (κ2) is 8.41. The Morgan fingerprint density at radius 1 is 1.09 bits per heavy atom.